The van der Waals surface area contributed by atoms with E-state index in [0.717, 1.165) is 18.7 Å². The number of amides is 2. The van der Waals surface area contributed by atoms with Gasteiger partial charge in [0, 0.05) is 55.4 Å². The van der Waals surface area contributed by atoms with Gasteiger partial charge in [0.25, 0.3) is 5.91 Å². The standard InChI is InChI=1S/C27H27ClF2N8O3.ClH/c1-15-6-31-25-20(7-32-38(25)8-15)26(40)33-21-13-37(14-23(39)36-11-16-9-35(2)10-17(16)12-36)34-24(21)19-5-18(28)3-4-22(19)41-27(29)30;/h3-8,13,16-17,27H,9-12,14H2,1-2H3,(H,33,40);1H/t16-,17+;. The Morgan fingerprint density at radius 2 is 1.88 bits per heavy atom. The Bertz CT molecular complexity index is 1630. The molecule has 11 nitrogen and oxygen atoms in total. The third-order valence-corrected chi connectivity index (χ3v) is 7.71. The predicted molar refractivity (Wildman–Crippen MR) is 153 cm³/mol. The normalized spacial score (nSPS) is 18.4. The maximum absolute atomic E-state index is 13.4. The number of likely N-dealkylation sites (tertiary alicyclic amines) is 2. The fourth-order valence-corrected chi connectivity index (χ4v) is 5.84. The zero-order valence-corrected chi connectivity index (χ0v) is 24.3. The van der Waals surface area contributed by atoms with E-state index in [1.54, 1.807) is 12.4 Å². The molecule has 15 heteroatoms. The summed E-state index contributed by atoms with van der Waals surface area (Å²) in [6.45, 7) is 1.92. The summed E-state index contributed by atoms with van der Waals surface area (Å²) in [6, 6.07) is 4.13. The molecule has 2 aliphatic rings. The first-order valence-corrected chi connectivity index (χ1v) is 13.4. The van der Waals surface area contributed by atoms with Crippen LogP contribution < -0.4 is 10.1 Å². The van der Waals surface area contributed by atoms with Crippen LogP contribution in [-0.4, -0.2) is 85.8 Å². The molecule has 6 rings (SSSR count). The van der Waals surface area contributed by atoms with Crippen LogP contribution in [0.4, 0.5) is 14.5 Å². The number of ether oxygens (including phenoxy) is 1. The van der Waals surface area contributed by atoms with Gasteiger partial charge in [-0.15, -0.1) is 12.4 Å². The number of hydrogen-bond donors (Lipinski definition) is 1. The Hall–Kier alpha value is -3.81. The Kier molecular flexibility index (Phi) is 8.35. The maximum Gasteiger partial charge on any atom is 0.387 e. The molecular weight excluding hydrogens is 593 g/mol. The molecule has 4 aromatic rings. The molecule has 3 aromatic heterocycles. The minimum absolute atomic E-state index is 0. The van der Waals surface area contributed by atoms with Crippen molar-refractivity contribution in [2.24, 2.45) is 11.8 Å². The summed E-state index contributed by atoms with van der Waals surface area (Å²) in [6.07, 6.45) is 6.23. The van der Waals surface area contributed by atoms with Gasteiger partial charge in [-0.1, -0.05) is 11.6 Å². The van der Waals surface area contributed by atoms with Gasteiger partial charge in [0.05, 0.1) is 11.9 Å². The van der Waals surface area contributed by atoms with Crippen molar-refractivity contribution in [1.82, 2.24) is 34.2 Å². The van der Waals surface area contributed by atoms with E-state index in [1.807, 2.05) is 11.8 Å². The molecule has 2 amide bonds. The van der Waals surface area contributed by atoms with Crippen molar-refractivity contribution in [1.29, 1.82) is 0 Å². The lowest BCUT2D eigenvalue weighted by Gasteiger charge is -2.19. The molecule has 2 saturated heterocycles. The number of anilines is 1. The number of alkyl halides is 2. The number of rotatable bonds is 7. The van der Waals surface area contributed by atoms with Crippen LogP contribution >= 0.6 is 24.0 Å². The second-order valence-corrected chi connectivity index (χ2v) is 11.0. The van der Waals surface area contributed by atoms with E-state index in [0.29, 0.717) is 30.6 Å². The zero-order chi connectivity index (χ0) is 28.8. The molecule has 0 saturated carbocycles. The van der Waals surface area contributed by atoms with Gasteiger partial charge in [0.2, 0.25) is 5.91 Å². The van der Waals surface area contributed by atoms with Crippen molar-refractivity contribution < 1.29 is 23.1 Å². The third kappa shape index (κ3) is 5.90. The lowest BCUT2D eigenvalue weighted by atomic mass is 10.0. The molecule has 2 aliphatic heterocycles. The molecule has 0 radical (unpaired) electrons. The van der Waals surface area contributed by atoms with Gasteiger partial charge in [-0.05, 0) is 49.6 Å². The van der Waals surface area contributed by atoms with Crippen LogP contribution in [0.5, 0.6) is 5.75 Å². The van der Waals surface area contributed by atoms with E-state index in [-0.39, 0.29) is 58.1 Å². The van der Waals surface area contributed by atoms with Gasteiger partial charge in [0.15, 0.2) is 5.65 Å². The summed E-state index contributed by atoms with van der Waals surface area (Å²) in [5, 5.41) is 11.8. The lowest BCUT2D eigenvalue weighted by molar-refractivity contribution is -0.131. The summed E-state index contributed by atoms with van der Waals surface area (Å²) in [5.41, 5.74) is 1.82. The van der Waals surface area contributed by atoms with Crippen LogP contribution in [0.25, 0.3) is 16.9 Å². The Morgan fingerprint density at radius 1 is 1.14 bits per heavy atom. The number of aromatic nitrogens is 5. The molecule has 0 bridgehead atoms. The minimum Gasteiger partial charge on any atom is -0.434 e. The molecule has 1 N–H and O–H groups in total. The predicted octanol–water partition coefficient (Wildman–Crippen LogP) is 3.85. The monoisotopic (exact) mass is 620 g/mol. The number of nitrogens with zero attached hydrogens (tertiary/aromatic N) is 7. The molecule has 2 fully saturated rings. The maximum atomic E-state index is 13.4. The third-order valence-electron chi connectivity index (χ3n) is 7.47. The number of fused-ring (bicyclic) bond motifs is 2. The number of benzene rings is 1. The number of halogens is 4. The van der Waals surface area contributed by atoms with Crippen molar-refractivity contribution in [3.05, 3.63) is 59.1 Å². The van der Waals surface area contributed by atoms with Crippen molar-refractivity contribution >= 4 is 47.2 Å². The molecule has 0 aliphatic carbocycles. The van der Waals surface area contributed by atoms with E-state index >= 15 is 0 Å². The van der Waals surface area contributed by atoms with Crippen LogP contribution in [0.15, 0.2) is 43.0 Å². The molecular formula is C27H28Cl2F2N8O3. The Labute approximate surface area is 250 Å². The Morgan fingerprint density at radius 3 is 2.60 bits per heavy atom. The second-order valence-electron chi connectivity index (χ2n) is 10.6. The van der Waals surface area contributed by atoms with Gasteiger partial charge < -0.3 is 19.9 Å². The SMILES string of the molecule is Cc1cnc2c(C(=O)Nc3cn(CC(=O)N4C[C@H]5CN(C)C[C@H]5C4)nc3-c3cc(Cl)ccc3OC(F)F)cnn2c1.Cl. The zero-order valence-electron chi connectivity index (χ0n) is 22.7. The van der Waals surface area contributed by atoms with Gasteiger partial charge in [-0.3, -0.25) is 14.3 Å². The minimum atomic E-state index is -3.10. The fourth-order valence-electron chi connectivity index (χ4n) is 5.67. The summed E-state index contributed by atoms with van der Waals surface area (Å²) in [4.78, 5) is 35.0. The fraction of sp³-hybridized carbons (Fsp3) is 0.370. The van der Waals surface area contributed by atoms with Crippen LogP contribution in [-0.2, 0) is 11.3 Å². The number of carbonyl (C=O) groups is 2. The number of aryl methyl sites for hydroxylation is 1. The highest BCUT2D eigenvalue weighted by Crippen LogP contribution is 2.37. The van der Waals surface area contributed by atoms with E-state index in [4.69, 9.17) is 16.3 Å². The average molecular weight is 621 g/mol. The topological polar surface area (TPSA) is 110 Å². The van der Waals surface area contributed by atoms with Gasteiger partial charge in [-0.2, -0.15) is 19.0 Å². The molecule has 222 valence electrons. The lowest BCUT2D eigenvalue weighted by Crippen LogP contribution is -2.34. The van der Waals surface area contributed by atoms with Gasteiger partial charge in [-0.25, -0.2) is 9.50 Å². The summed E-state index contributed by atoms with van der Waals surface area (Å²) >= 11 is 6.21. The van der Waals surface area contributed by atoms with E-state index < -0.39 is 12.5 Å². The summed E-state index contributed by atoms with van der Waals surface area (Å²) in [5.74, 6) is 0.0391. The smallest absolute Gasteiger partial charge is 0.387 e. The average Bonchev–Trinajstić information content (AvgIpc) is 3.67. The van der Waals surface area contributed by atoms with Gasteiger partial charge in [0.1, 0.15) is 23.6 Å². The van der Waals surface area contributed by atoms with Crippen LogP contribution in [0.1, 0.15) is 15.9 Å². The highest BCUT2D eigenvalue weighted by molar-refractivity contribution is 6.31. The summed E-state index contributed by atoms with van der Waals surface area (Å²) in [7, 11) is 2.08. The van der Waals surface area contributed by atoms with Crippen molar-refractivity contribution in [3.8, 4) is 17.0 Å². The van der Waals surface area contributed by atoms with Crippen molar-refractivity contribution in [3.63, 3.8) is 0 Å². The number of hydrogen-bond acceptors (Lipinski definition) is 7. The van der Waals surface area contributed by atoms with Gasteiger partial charge >= 0.3 is 6.61 Å². The molecule has 5 heterocycles. The van der Waals surface area contributed by atoms with Crippen molar-refractivity contribution in [2.45, 2.75) is 20.1 Å². The molecule has 42 heavy (non-hydrogen) atoms. The highest BCUT2D eigenvalue weighted by Gasteiger charge is 2.40. The van der Waals surface area contributed by atoms with E-state index in [2.05, 4.69) is 32.4 Å². The quantitative estimate of drug-likeness (QED) is 0.334. The first-order chi connectivity index (χ1) is 19.6. The second kappa shape index (κ2) is 11.8. The van der Waals surface area contributed by atoms with E-state index in [9.17, 15) is 18.4 Å². The first kappa shape index (κ1) is 29.7. The molecule has 1 aromatic carbocycles. The van der Waals surface area contributed by atoms with Crippen LogP contribution in [0.2, 0.25) is 5.02 Å². The number of nitrogens with one attached hydrogen (secondary N) is 1. The molecule has 2 atom stereocenters. The van der Waals surface area contributed by atoms with Crippen LogP contribution in [0.3, 0.4) is 0 Å². The number of carbonyl (C=O) groups excluding carboxylic acids is 2. The Balaban J connectivity index is 0.00000353. The molecule has 0 unspecified atom stereocenters. The largest absolute Gasteiger partial charge is 0.434 e. The van der Waals surface area contributed by atoms with E-state index in [1.165, 1.54) is 39.8 Å². The van der Waals surface area contributed by atoms with Crippen LogP contribution in [0, 0.1) is 18.8 Å². The highest BCUT2D eigenvalue weighted by atomic mass is 35.5. The summed E-state index contributed by atoms with van der Waals surface area (Å²) < 4.78 is 34.1. The molecule has 0 spiro atoms. The van der Waals surface area contributed by atoms with Crippen molar-refractivity contribution in [2.75, 3.05) is 38.5 Å². The first-order valence-electron chi connectivity index (χ1n) is 13.0.